The van der Waals surface area contributed by atoms with E-state index in [4.69, 9.17) is 9.16 Å². The van der Waals surface area contributed by atoms with Crippen molar-refractivity contribution in [3.63, 3.8) is 0 Å². The fourth-order valence-electron chi connectivity index (χ4n) is 1.56. The van der Waals surface area contributed by atoms with Gasteiger partial charge < -0.3 is 24.3 Å². The summed E-state index contributed by atoms with van der Waals surface area (Å²) in [6.45, 7) is 14.5. The Bertz CT molecular complexity index is 506. The van der Waals surface area contributed by atoms with E-state index in [9.17, 15) is 19.5 Å². The molecule has 2 atom stereocenters. The number of amides is 1. The van der Waals surface area contributed by atoms with Crippen molar-refractivity contribution in [2.24, 2.45) is 0 Å². The summed E-state index contributed by atoms with van der Waals surface area (Å²) in [5.74, 6) is -2.28. The van der Waals surface area contributed by atoms with Gasteiger partial charge in [0.2, 0.25) is 0 Å². The zero-order chi connectivity index (χ0) is 20.2. The Kier molecular flexibility index (Phi) is 7.65. The first kappa shape index (κ1) is 23.4. The van der Waals surface area contributed by atoms with Crippen molar-refractivity contribution >= 4 is 26.3 Å². The number of methoxy groups -OCH3 is 1. The van der Waals surface area contributed by atoms with Crippen LogP contribution >= 0.6 is 0 Å². The summed E-state index contributed by atoms with van der Waals surface area (Å²) in [6, 6.07) is -1.63. The topological polar surface area (TPSA) is 111 Å². The van der Waals surface area contributed by atoms with Crippen molar-refractivity contribution in [1.82, 2.24) is 5.32 Å². The van der Waals surface area contributed by atoms with Crippen molar-refractivity contribution in [1.29, 1.82) is 0 Å². The average molecular weight is 378 g/mol. The molecule has 0 aromatic carbocycles. The first-order chi connectivity index (χ1) is 11.0. The SMILES string of the molecule is COC(=O)[C@H](O[Si](C)(C)C(C)(C)C)[C@H](NC(=O)OC(C)(C)C)C(=O)O. The lowest BCUT2D eigenvalue weighted by molar-refractivity contribution is -0.157. The molecule has 0 saturated heterocycles. The van der Waals surface area contributed by atoms with Crippen molar-refractivity contribution in [3.05, 3.63) is 0 Å². The molecular weight excluding hydrogens is 346 g/mol. The largest absolute Gasteiger partial charge is 0.480 e. The number of hydrogen-bond donors (Lipinski definition) is 2. The van der Waals surface area contributed by atoms with Gasteiger partial charge in [-0.15, -0.1) is 0 Å². The number of carbonyl (C=O) groups excluding carboxylic acids is 2. The second-order valence-electron chi connectivity index (χ2n) is 8.28. The monoisotopic (exact) mass is 377 g/mol. The van der Waals surface area contributed by atoms with Crippen LogP contribution in [0.5, 0.6) is 0 Å². The lowest BCUT2D eigenvalue weighted by Gasteiger charge is -2.39. The molecule has 9 heteroatoms. The normalized spacial score (nSPS) is 15.1. The summed E-state index contributed by atoms with van der Waals surface area (Å²) in [6.07, 6.45) is -2.43. The highest BCUT2D eigenvalue weighted by Gasteiger charge is 2.46. The van der Waals surface area contributed by atoms with Crippen LogP contribution in [-0.2, 0) is 23.5 Å². The van der Waals surface area contributed by atoms with E-state index in [1.54, 1.807) is 20.8 Å². The molecule has 0 fully saturated rings. The average Bonchev–Trinajstić information content (AvgIpc) is 2.38. The van der Waals surface area contributed by atoms with E-state index in [1.165, 1.54) is 0 Å². The lowest BCUT2D eigenvalue weighted by Crippen LogP contribution is -2.58. The van der Waals surface area contributed by atoms with Crippen LogP contribution in [0.3, 0.4) is 0 Å². The van der Waals surface area contributed by atoms with Crippen LogP contribution in [0.2, 0.25) is 18.1 Å². The van der Waals surface area contributed by atoms with Crippen LogP contribution in [0.4, 0.5) is 4.79 Å². The number of carboxylic acid groups (broad SMARTS) is 1. The van der Waals surface area contributed by atoms with E-state index in [-0.39, 0.29) is 5.04 Å². The number of aliphatic carboxylic acids is 1. The van der Waals surface area contributed by atoms with Gasteiger partial charge in [-0.1, -0.05) is 20.8 Å². The van der Waals surface area contributed by atoms with E-state index < -0.39 is 44.1 Å². The van der Waals surface area contributed by atoms with Crippen molar-refractivity contribution < 1.29 is 33.4 Å². The Balaban J connectivity index is 5.60. The van der Waals surface area contributed by atoms with Gasteiger partial charge in [-0.2, -0.15) is 0 Å². The molecule has 0 aliphatic carbocycles. The zero-order valence-corrected chi connectivity index (χ0v) is 17.6. The molecule has 0 radical (unpaired) electrons. The molecule has 0 rings (SSSR count). The maximum atomic E-state index is 12.1. The van der Waals surface area contributed by atoms with Crippen molar-refractivity contribution in [2.75, 3.05) is 7.11 Å². The van der Waals surface area contributed by atoms with Gasteiger partial charge in [0.25, 0.3) is 0 Å². The molecular formula is C16H31NO7Si. The molecule has 25 heavy (non-hydrogen) atoms. The zero-order valence-electron chi connectivity index (χ0n) is 16.6. The highest BCUT2D eigenvalue weighted by Crippen LogP contribution is 2.37. The number of esters is 1. The summed E-state index contributed by atoms with van der Waals surface area (Å²) in [5, 5.41) is 11.4. The third kappa shape index (κ3) is 7.43. The molecule has 0 heterocycles. The lowest BCUT2D eigenvalue weighted by atomic mass is 10.1. The Morgan fingerprint density at radius 2 is 1.52 bits per heavy atom. The minimum atomic E-state index is -2.51. The number of rotatable bonds is 6. The van der Waals surface area contributed by atoms with Crippen LogP contribution < -0.4 is 5.32 Å². The van der Waals surface area contributed by atoms with E-state index >= 15 is 0 Å². The van der Waals surface area contributed by atoms with Gasteiger partial charge in [-0.25, -0.2) is 14.4 Å². The summed E-state index contributed by atoms with van der Waals surface area (Å²) in [7, 11) is -1.37. The number of hydrogen-bond acceptors (Lipinski definition) is 6. The number of ether oxygens (including phenoxy) is 2. The van der Waals surface area contributed by atoms with Gasteiger partial charge in [-0.3, -0.25) is 0 Å². The summed E-state index contributed by atoms with van der Waals surface area (Å²) in [5.41, 5.74) is -0.811. The number of alkyl carbamates (subject to hydrolysis) is 1. The molecule has 0 aliphatic heterocycles. The van der Waals surface area contributed by atoms with Gasteiger partial charge in [0.05, 0.1) is 7.11 Å². The number of nitrogens with one attached hydrogen (secondary N) is 1. The summed E-state index contributed by atoms with van der Waals surface area (Å²) in [4.78, 5) is 35.8. The molecule has 2 N–H and O–H groups in total. The maximum absolute atomic E-state index is 12.1. The van der Waals surface area contributed by atoms with Gasteiger partial charge in [0.1, 0.15) is 5.60 Å². The fourth-order valence-corrected chi connectivity index (χ4v) is 2.78. The molecule has 0 aromatic heterocycles. The first-order valence-corrected chi connectivity index (χ1v) is 10.9. The third-order valence-corrected chi connectivity index (χ3v) is 8.36. The van der Waals surface area contributed by atoms with Crippen LogP contribution in [0.15, 0.2) is 0 Å². The van der Waals surface area contributed by atoms with Crippen LogP contribution in [-0.4, -0.2) is 56.3 Å². The Morgan fingerprint density at radius 1 is 1.04 bits per heavy atom. The van der Waals surface area contributed by atoms with E-state index in [0.29, 0.717) is 0 Å². The molecule has 0 unspecified atom stereocenters. The highest BCUT2D eigenvalue weighted by molar-refractivity contribution is 6.74. The maximum Gasteiger partial charge on any atom is 0.408 e. The van der Waals surface area contributed by atoms with E-state index in [0.717, 1.165) is 7.11 Å². The van der Waals surface area contributed by atoms with Crippen LogP contribution in [0.1, 0.15) is 41.5 Å². The van der Waals surface area contributed by atoms with Gasteiger partial charge >= 0.3 is 18.0 Å². The third-order valence-electron chi connectivity index (χ3n) is 3.90. The van der Waals surface area contributed by atoms with Gasteiger partial charge in [0.15, 0.2) is 20.5 Å². The smallest absolute Gasteiger partial charge is 0.408 e. The quantitative estimate of drug-likeness (QED) is 0.540. The number of carboxylic acids is 1. The Hall–Kier alpha value is -1.61. The van der Waals surface area contributed by atoms with Crippen LogP contribution in [0.25, 0.3) is 0 Å². The Labute approximate surface area is 150 Å². The molecule has 0 saturated carbocycles. The highest BCUT2D eigenvalue weighted by atomic mass is 28.4. The molecule has 146 valence electrons. The molecule has 1 amide bonds. The molecule has 0 bridgehead atoms. The second kappa shape index (κ2) is 8.18. The first-order valence-electron chi connectivity index (χ1n) is 8.00. The minimum absolute atomic E-state index is 0.270. The fraction of sp³-hybridized carbons (Fsp3) is 0.812. The predicted octanol–water partition coefficient (Wildman–Crippen LogP) is 2.53. The number of carbonyl (C=O) groups is 3. The molecule has 0 aliphatic rings. The molecule has 0 aromatic rings. The van der Waals surface area contributed by atoms with Gasteiger partial charge in [0, 0.05) is 0 Å². The Morgan fingerprint density at radius 3 is 1.84 bits per heavy atom. The minimum Gasteiger partial charge on any atom is -0.480 e. The van der Waals surface area contributed by atoms with Crippen molar-refractivity contribution in [2.45, 2.75) is 77.4 Å². The van der Waals surface area contributed by atoms with Crippen LogP contribution in [0, 0.1) is 0 Å². The second-order valence-corrected chi connectivity index (χ2v) is 13.0. The molecule has 0 spiro atoms. The predicted molar refractivity (Wildman–Crippen MR) is 94.9 cm³/mol. The molecule has 8 nitrogen and oxygen atoms in total. The summed E-state index contributed by atoms with van der Waals surface area (Å²) < 4.78 is 15.7. The van der Waals surface area contributed by atoms with Gasteiger partial charge in [-0.05, 0) is 38.9 Å². The van der Waals surface area contributed by atoms with E-state index in [1.807, 2.05) is 33.9 Å². The van der Waals surface area contributed by atoms with E-state index in [2.05, 4.69) is 10.1 Å². The van der Waals surface area contributed by atoms with Crippen molar-refractivity contribution in [3.8, 4) is 0 Å². The standard InChI is InChI=1S/C16H31NO7Si/c1-15(2,3)23-14(21)17-10(12(18)19)11(13(20)22-7)24-25(8,9)16(4,5)6/h10-11H,1-9H3,(H,17,21)(H,18,19)/t10-,11+/m0/s1. The summed E-state index contributed by atoms with van der Waals surface area (Å²) >= 11 is 0.